The fourth-order valence-corrected chi connectivity index (χ4v) is 4.81. The Balaban J connectivity index is 1.98. The average Bonchev–Trinajstić information content (AvgIpc) is 2.67. The Morgan fingerprint density at radius 1 is 1.26 bits per heavy atom. The van der Waals surface area contributed by atoms with Gasteiger partial charge in [0, 0.05) is 32.6 Å². The Morgan fingerprint density at radius 3 is 2.30 bits per heavy atom. The predicted octanol–water partition coefficient (Wildman–Crippen LogP) is 1.54. The van der Waals surface area contributed by atoms with Crippen LogP contribution in [0.15, 0.2) is 29.2 Å². The maximum absolute atomic E-state index is 12.8. The zero-order valence-corrected chi connectivity index (χ0v) is 17.5. The zero-order valence-electron chi connectivity index (χ0n) is 16.6. The van der Waals surface area contributed by atoms with Crippen molar-refractivity contribution in [3.8, 4) is 5.75 Å². The highest BCUT2D eigenvalue weighted by atomic mass is 32.2. The number of benzene rings is 1. The number of sulfonamides is 1. The predicted molar refractivity (Wildman–Crippen MR) is 105 cm³/mol. The van der Waals surface area contributed by atoms with Gasteiger partial charge in [-0.1, -0.05) is 13.8 Å². The van der Waals surface area contributed by atoms with Crippen molar-refractivity contribution in [1.82, 2.24) is 9.21 Å². The van der Waals surface area contributed by atoms with Gasteiger partial charge >= 0.3 is 0 Å². The molecule has 1 heterocycles. The van der Waals surface area contributed by atoms with Gasteiger partial charge in [-0.2, -0.15) is 4.31 Å². The monoisotopic (exact) mass is 397 g/mol. The summed E-state index contributed by atoms with van der Waals surface area (Å²) in [6.45, 7) is 5.84. The summed E-state index contributed by atoms with van der Waals surface area (Å²) in [5.74, 6) is 0.533. The van der Waals surface area contributed by atoms with Gasteiger partial charge in [0.05, 0.1) is 12.0 Å². The van der Waals surface area contributed by atoms with Gasteiger partial charge < -0.3 is 15.4 Å². The minimum absolute atomic E-state index is 0.0676. The van der Waals surface area contributed by atoms with Crippen LogP contribution in [0, 0.1) is 11.3 Å². The molecule has 0 unspecified atom stereocenters. The lowest BCUT2D eigenvalue weighted by Crippen LogP contribution is -2.46. The van der Waals surface area contributed by atoms with Crippen molar-refractivity contribution in [3.05, 3.63) is 24.3 Å². The van der Waals surface area contributed by atoms with E-state index in [2.05, 4.69) is 0 Å². The van der Waals surface area contributed by atoms with E-state index in [4.69, 9.17) is 10.5 Å². The number of nitrogens with two attached hydrogens (primary N) is 1. The summed E-state index contributed by atoms with van der Waals surface area (Å²) >= 11 is 0. The molecule has 0 aliphatic carbocycles. The molecule has 0 spiro atoms. The Labute approximate surface area is 162 Å². The van der Waals surface area contributed by atoms with Crippen LogP contribution in [0.2, 0.25) is 0 Å². The van der Waals surface area contributed by atoms with Crippen molar-refractivity contribution in [2.45, 2.75) is 31.6 Å². The minimum atomic E-state index is -3.55. The van der Waals surface area contributed by atoms with E-state index in [0.717, 1.165) is 0 Å². The summed E-state index contributed by atoms with van der Waals surface area (Å²) in [4.78, 5) is 14.7. The van der Waals surface area contributed by atoms with E-state index >= 15 is 0 Å². The average molecular weight is 398 g/mol. The highest BCUT2D eigenvalue weighted by Gasteiger charge is 2.34. The number of methoxy groups -OCH3 is 1. The molecule has 1 aromatic carbocycles. The second-order valence-corrected chi connectivity index (χ2v) is 9.85. The number of hydrogen-bond donors (Lipinski definition) is 1. The molecule has 0 bridgehead atoms. The number of carbonyl (C=O) groups is 1. The second-order valence-electron chi connectivity index (χ2n) is 7.92. The van der Waals surface area contributed by atoms with Crippen LogP contribution in [0.4, 0.5) is 0 Å². The molecule has 0 radical (unpaired) electrons. The number of carbonyl (C=O) groups excluding carboxylic acids is 1. The van der Waals surface area contributed by atoms with Crippen molar-refractivity contribution in [3.63, 3.8) is 0 Å². The fraction of sp³-hybridized carbons (Fsp3) is 0.632. The summed E-state index contributed by atoms with van der Waals surface area (Å²) in [5, 5.41) is 0. The molecular formula is C19H31N3O4S. The first kappa shape index (κ1) is 21.7. The summed E-state index contributed by atoms with van der Waals surface area (Å²) in [5.41, 5.74) is 5.62. The van der Waals surface area contributed by atoms with Gasteiger partial charge in [-0.15, -0.1) is 0 Å². The lowest BCUT2D eigenvalue weighted by molar-refractivity contribution is -0.136. The Morgan fingerprint density at radius 2 is 1.81 bits per heavy atom. The summed E-state index contributed by atoms with van der Waals surface area (Å²) in [7, 11) is -0.222. The first-order chi connectivity index (χ1) is 12.6. The lowest BCUT2D eigenvalue weighted by Gasteiger charge is -2.35. The molecule has 2 rings (SSSR count). The Bertz CT molecular complexity index is 739. The third-order valence-corrected chi connectivity index (χ3v) is 7.01. The third kappa shape index (κ3) is 5.21. The van der Waals surface area contributed by atoms with E-state index in [-0.39, 0.29) is 22.1 Å². The molecule has 27 heavy (non-hydrogen) atoms. The van der Waals surface area contributed by atoms with Gasteiger partial charge in [-0.3, -0.25) is 4.79 Å². The van der Waals surface area contributed by atoms with E-state index in [1.807, 2.05) is 13.8 Å². The van der Waals surface area contributed by atoms with Crippen LogP contribution in [0.25, 0.3) is 0 Å². The van der Waals surface area contributed by atoms with Crippen molar-refractivity contribution in [2.24, 2.45) is 17.1 Å². The van der Waals surface area contributed by atoms with Gasteiger partial charge in [0.15, 0.2) is 0 Å². The highest BCUT2D eigenvalue weighted by Crippen LogP contribution is 2.26. The third-order valence-electron chi connectivity index (χ3n) is 5.09. The Hall–Kier alpha value is -1.64. The molecule has 1 saturated heterocycles. The quantitative estimate of drug-likeness (QED) is 0.753. The zero-order chi connectivity index (χ0) is 20.2. The molecule has 2 N–H and O–H groups in total. The topological polar surface area (TPSA) is 92.9 Å². The van der Waals surface area contributed by atoms with Crippen molar-refractivity contribution in [1.29, 1.82) is 0 Å². The van der Waals surface area contributed by atoms with E-state index in [1.54, 1.807) is 36.2 Å². The van der Waals surface area contributed by atoms with Crippen LogP contribution in [0.1, 0.15) is 26.7 Å². The maximum atomic E-state index is 12.8. The number of rotatable bonds is 7. The van der Waals surface area contributed by atoms with Crippen LogP contribution < -0.4 is 10.5 Å². The van der Waals surface area contributed by atoms with E-state index in [1.165, 1.54) is 11.4 Å². The van der Waals surface area contributed by atoms with Gasteiger partial charge in [-0.05, 0) is 49.1 Å². The molecule has 0 saturated carbocycles. The number of amides is 1. The van der Waals surface area contributed by atoms with Crippen LogP contribution in [0.3, 0.4) is 0 Å². The molecule has 1 aromatic rings. The van der Waals surface area contributed by atoms with Gasteiger partial charge in [0.1, 0.15) is 5.75 Å². The molecule has 152 valence electrons. The molecule has 1 aliphatic rings. The first-order valence-corrected chi connectivity index (χ1v) is 10.6. The number of hydrogen-bond acceptors (Lipinski definition) is 5. The summed E-state index contributed by atoms with van der Waals surface area (Å²) in [6.07, 6.45) is 1.06. The smallest absolute Gasteiger partial charge is 0.243 e. The number of piperidine rings is 1. The van der Waals surface area contributed by atoms with Crippen molar-refractivity contribution >= 4 is 15.9 Å². The molecule has 0 aromatic heterocycles. The number of nitrogens with zero attached hydrogens (tertiary/aromatic N) is 2. The molecule has 0 atom stereocenters. The van der Waals surface area contributed by atoms with E-state index in [9.17, 15) is 13.2 Å². The van der Waals surface area contributed by atoms with Crippen molar-refractivity contribution in [2.75, 3.05) is 40.3 Å². The van der Waals surface area contributed by atoms with Crippen LogP contribution >= 0.6 is 0 Å². The van der Waals surface area contributed by atoms with Gasteiger partial charge in [0.2, 0.25) is 15.9 Å². The molecular weight excluding hydrogens is 366 g/mol. The van der Waals surface area contributed by atoms with Crippen LogP contribution in [-0.4, -0.2) is 63.9 Å². The first-order valence-electron chi connectivity index (χ1n) is 9.20. The molecule has 8 heteroatoms. The maximum Gasteiger partial charge on any atom is 0.243 e. The van der Waals surface area contributed by atoms with Crippen molar-refractivity contribution < 1.29 is 17.9 Å². The molecule has 7 nitrogen and oxygen atoms in total. The van der Waals surface area contributed by atoms with Crippen LogP contribution in [-0.2, 0) is 14.8 Å². The summed E-state index contributed by atoms with van der Waals surface area (Å²) in [6, 6.07) is 6.37. The van der Waals surface area contributed by atoms with E-state index < -0.39 is 10.0 Å². The van der Waals surface area contributed by atoms with Crippen LogP contribution in [0.5, 0.6) is 5.75 Å². The van der Waals surface area contributed by atoms with E-state index in [0.29, 0.717) is 44.8 Å². The number of ether oxygens (including phenoxy) is 1. The fourth-order valence-electron chi connectivity index (χ4n) is 3.34. The lowest BCUT2D eigenvalue weighted by atomic mass is 9.91. The normalized spacial score (nSPS) is 16.9. The van der Waals surface area contributed by atoms with Gasteiger partial charge in [0.25, 0.3) is 0 Å². The second kappa shape index (κ2) is 8.58. The largest absolute Gasteiger partial charge is 0.497 e. The Kier molecular flexibility index (Phi) is 6.88. The molecule has 1 amide bonds. The standard InChI is InChI=1S/C19H31N3O4S/c1-19(2,13-20)14-21(3)18(23)15-9-11-22(12-10-15)27(24,25)17-7-5-16(26-4)6-8-17/h5-8,15H,9-14,20H2,1-4H3. The molecule has 1 aliphatic heterocycles. The highest BCUT2D eigenvalue weighted by molar-refractivity contribution is 7.89. The molecule has 1 fully saturated rings. The van der Waals surface area contributed by atoms with Gasteiger partial charge in [-0.25, -0.2) is 8.42 Å². The summed E-state index contributed by atoms with van der Waals surface area (Å²) < 4.78 is 32.1. The SMILES string of the molecule is COc1ccc(S(=O)(=O)N2CCC(C(=O)N(C)CC(C)(C)CN)CC2)cc1. The minimum Gasteiger partial charge on any atom is -0.497 e.